The Morgan fingerprint density at radius 1 is 1.30 bits per heavy atom. The highest BCUT2D eigenvalue weighted by Gasteiger charge is 2.51. The molecule has 0 N–H and O–H groups in total. The second kappa shape index (κ2) is 2.23. The van der Waals surface area contributed by atoms with Crippen LogP contribution >= 0.6 is 0 Å². The molecule has 1 aliphatic carbocycles. The summed E-state index contributed by atoms with van der Waals surface area (Å²) in [4.78, 5) is 0. The molecule has 0 heterocycles. The smallest absolute Gasteiger partial charge is 0.0482 e. The molecule has 0 spiro atoms. The van der Waals surface area contributed by atoms with Crippen LogP contribution in [0.4, 0.5) is 0 Å². The Morgan fingerprint density at radius 3 is 1.90 bits per heavy atom. The minimum Gasteiger partial charge on any atom is -0.103 e. The van der Waals surface area contributed by atoms with Crippen LogP contribution in [0.3, 0.4) is 0 Å². The Morgan fingerprint density at radius 2 is 1.80 bits per heavy atom. The van der Waals surface area contributed by atoms with E-state index in [-0.39, 0.29) is 0 Å². The maximum Gasteiger partial charge on any atom is 0.0482 e. The van der Waals surface area contributed by atoms with Crippen LogP contribution in [0.5, 0.6) is 0 Å². The minimum absolute atomic E-state index is 0.842. The molecule has 58 valence electrons. The van der Waals surface area contributed by atoms with Crippen LogP contribution in [-0.2, 0) is 0 Å². The maximum absolute atomic E-state index is 3.86. The average Bonchev–Trinajstić information content (AvgIpc) is 2.39. The molecule has 0 amide bonds. The lowest BCUT2D eigenvalue weighted by molar-refractivity contribution is 0.899. The molecule has 0 bridgehead atoms. The number of hydrogen-bond acceptors (Lipinski definition) is 0. The van der Waals surface area contributed by atoms with Crippen LogP contribution in [0.2, 0.25) is 25.2 Å². The van der Waals surface area contributed by atoms with Gasteiger partial charge >= 0.3 is 0 Å². The zero-order valence-electron chi connectivity index (χ0n) is 7.52. The molecular weight excluding hydrogens is 136 g/mol. The van der Waals surface area contributed by atoms with Gasteiger partial charge in [-0.3, -0.25) is 0 Å². The Balaban J connectivity index is 2.56. The molecule has 0 aromatic heterocycles. The summed E-state index contributed by atoms with van der Waals surface area (Å²) in [5.41, 5.74) is 1.02. The fourth-order valence-electron chi connectivity index (χ4n) is 2.22. The molecule has 1 fully saturated rings. The number of allylic oxidation sites excluding steroid dienone is 1. The molecule has 0 radical (unpaired) electrons. The largest absolute Gasteiger partial charge is 0.103 e. The molecule has 0 aromatic rings. The monoisotopic (exact) mass is 154 g/mol. The van der Waals surface area contributed by atoms with Crippen molar-refractivity contribution in [2.75, 3.05) is 0 Å². The summed E-state index contributed by atoms with van der Waals surface area (Å²) in [5, 5.41) is 0. The van der Waals surface area contributed by atoms with E-state index in [0.717, 1.165) is 17.4 Å². The highest BCUT2D eigenvalue weighted by molar-refractivity contribution is 6.78. The summed E-state index contributed by atoms with van der Waals surface area (Å²) in [5.74, 6) is 1.79. The van der Waals surface area contributed by atoms with Crippen molar-refractivity contribution in [3.63, 3.8) is 0 Å². The molecule has 10 heavy (non-hydrogen) atoms. The fourth-order valence-corrected chi connectivity index (χ4v) is 5.50. The summed E-state index contributed by atoms with van der Waals surface area (Å²) in [7, 11) is -0.842. The second-order valence-electron chi connectivity index (χ2n) is 4.56. The third-order valence-electron chi connectivity index (χ3n) is 2.72. The van der Waals surface area contributed by atoms with E-state index in [1.807, 2.05) is 0 Å². The van der Waals surface area contributed by atoms with Gasteiger partial charge in [0.25, 0.3) is 0 Å². The van der Waals surface area contributed by atoms with E-state index in [4.69, 9.17) is 0 Å². The fraction of sp³-hybridized carbons (Fsp3) is 0.778. The molecule has 1 aliphatic rings. The van der Waals surface area contributed by atoms with E-state index in [9.17, 15) is 0 Å². The van der Waals surface area contributed by atoms with E-state index in [2.05, 4.69) is 39.2 Å². The van der Waals surface area contributed by atoms with Crippen molar-refractivity contribution in [2.45, 2.75) is 32.1 Å². The molecule has 0 unspecified atom stereocenters. The summed E-state index contributed by atoms with van der Waals surface area (Å²) in [6, 6.07) is 0. The van der Waals surface area contributed by atoms with E-state index in [1.54, 1.807) is 0 Å². The average molecular weight is 154 g/mol. The summed E-state index contributed by atoms with van der Waals surface area (Å²) in [6.07, 6.45) is 2.15. The second-order valence-corrected chi connectivity index (χ2v) is 9.96. The Bertz CT molecular complexity index is 143. The molecule has 0 nitrogen and oxygen atoms in total. The summed E-state index contributed by atoms with van der Waals surface area (Å²) >= 11 is 0. The van der Waals surface area contributed by atoms with Gasteiger partial charge in [0.1, 0.15) is 0 Å². The molecular formula is C9H18Si. The molecule has 3 atom stereocenters. The van der Waals surface area contributed by atoms with E-state index < -0.39 is 8.07 Å². The van der Waals surface area contributed by atoms with Crippen molar-refractivity contribution in [3.8, 4) is 0 Å². The highest BCUT2D eigenvalue weighted by Crippen LogP contribution is 2.57. The van der Waals surface area contributed by atoms with Crippen molar-refractivity contribution >= 4 is 8.07 Å². The lowest BCUT2D eigenvalue weighted by Crippen LogP contribution is -2.21. The van der Waals surface area contributed by atoms with Gasteiger partial charge in [-0.2, -0.15) is 0 Å². The predicted octanol–water partition coefficient (Wildman–Crippen LogP) is 3.15. The molecule has 0 saturated heterocycles. The standard InChI is InChI=1S/C9H18Si/c1-6-8-7(2)9(8)10(3,4)5/h6-9H,1H2,2-5H3/t7-,8-,9+/m1/s1. The van der Waals surface area contributed by atoms with E-state index in [0.29, 0.717) is 0 Å². The first-order valence-electron chi connectivity index (χ1n) is 4.11. The van der Waals surface area contributed by atoms with Crippen LogP contribution < -0.4 is 0 Å². The lowest BCUT2D eigenvalue weighted by atomic mass is 10.3. The van der Waals surface area contributed by atoms with Gasteiger partial charge in [-0.25, -0.2) is 0 Å². The highest BCUT2D eigenvalue weighted by atomic mass is 28.3. The Kier molecular flexibility index (Phi) is 1.79. The van der Waals surface area contributed by atoms with Gasteiger partial charge in [0, 0.05) is 8.07 Å². The first-order chi connectivity index (χ1) is 4.48. The van der Waals surface area contributed by atoms with Gasteiger partial charge < -0.3 is 0 Å². The molecule has 0 aromatic carbocycles. The molecule has 1 saturated carbocycles. The van der Waals surface area contributed by atoms with Crippen molar-refractivity contribution in [2.24, 2.45) is 11.8 Å². The quantitative estimate of drug-likeness (QED) is 0.423. The van der Waals surface area contributed by atoms with Gasteiger partial charge in [-0.15, -0.1) is 6.58 Å². The minimum atomic E-state index is -0.842. The first kappa shape index (κ1) is 8.06. The van der Waals surface area contributed by atoms with Gasteiger partial charge in [-0.05, 0) is 17.4 Å². The number of hydrogen-bond donors (Lipinski definition) is 0. The Labute approximate surface area is 65.3 Å². The summed E-state index contributed by atoms with van der Waals surface area (Å²) < 4.78 is 0. The third-order valence-corrected chi connectivity index (χ3v) is 5.63. The SMILES string of the molecule is C=C[C@@H]1[C@@H](C)[C@@H]1[Si](C)(C)C. The van der Waals surface area contributed by atoms with Crippen LogP contribution in [0.1, 0.15) is 6.92 Å². The lowest BCUT2D eigenvalue weighted by Gasteiger charge is -2.14. The normalized spacial score (nSPS) is 39.4. The van der Waals surface area contributed by atoms with Gasteiger partial charge in [0.05, 0.1) is 0 Å². The van der Waals surface area contributed by atoms with Crippen molar-refractivity contribution < 1.29 is 0 Å². The molecule has 1 rings (SSSR count). The summed E-state index contributed by atoms with van der Waals surface area (Å²) in [6.45, 7) is 13.6. The van der Waals surface area contributed by atoms with Gasteiger partial charge in [-0.1, -0.05) is 32.6 Å². The van der Waals surface area contributed by atoms with Gasteiger partial charge in [0.2, 0.25) is 0 Å². The van der Waals surface area contributed by atoms with Crippen molar-refractivity contribution in [3.05, 3.63) is 12.7 Å². The van der Waals surface area contributed by atoms with Crippen LogP contribution in [0.25, 0.3) is 0 Å². The third kappa shape index (κ3) is 1.19. The van der Waals surface area contributed by atoms with Crippen LogP contribution in [0.15, 0.2) is 12.7 Å². The maximum atomic E-state index is 3.86. The topological polar surface area (TPSA) is 0 Å². The number of rotatable bonds is 2. The zero-order chi connectivity index (χ0) is 7.94. The zero-order valence-corrected chi connectivity index (χ0v) is 8.52. The van der Waals surface area contributed by atoms with E-state index >= 15 is 0 Å². The van der Waals surface area contributed by atoms with Crippen molar-refractivity contribution in [1.29, 1.82) is 0 Å². The van der Waals surface area contributed by atoms with Crippen LogP contribution in [0, 0.1) is 11.8 Å². The Hall–Kier alpha value is -0.0431. The first-order valence-corrected chi connectivity index (χ1v) is 7.68. The van der Waals surface area contributed by atoms with Crippen LogP contribution in [-0.4, -0.2) is 8.07 Å². The van der Waals surface area contributed by atoms with E-state index in [1.165, 1.54) is 0 Å². The van der Waals surface area contributed by atoms with Gasteiger partial charge in [0.15, 0.2) is 0 Å². The van der Waals surface area contributed by atoms with Crippen molar-refractivity contribution in [1.82, 2.24) is 0 Å². The predicted molar refractivity (Wildman–Crippen MR) is 49.9 cm³/mol. The molecule has 0 aliphatic heterocycles. The molecule has 1 heteroatoms.